The van der Waals surface area contributed by atoms with Crippen LogP contribution >= 0.6 is 0 Å². The number of hydrogen-bond donors (Lipinski definition) is 0. The molecule has 0 heterocycles. The van der Waals surface area contributed by atoms with Gasteiger partial charge in [0.1, 0.15) is 5.78 Å². The van der Waals surface area contributed by atoms with Gasteiger partial charge in [0, 0.05) is 6.42 Å². The van der Waals surface area contributed by atoms with Crippen molar-refractivity contribution >= 4 is 11.9 Å². The molecule has 86 valence electrons. The predicted octanol–water partition coefficient (Wildman–Crippen LogP) is 2.49. The molecule has 1 aromatic rings. The zero-order chi connectivity index (χ0) is 12.6. The maximum atomic E-state index is 10.9. The SMILES string of the molecule is CC(=O)C[C@@H](C)c1ccccc1C.O=C=O. The monoisotopic (exact) mass is 220 g/mol. The molecule has 0 aliphatic heterocycles. The fraction of sp³-hybridized carbons (Fsp3) is 0.385. The van der Waals surface area contributed by atoms with Crippen molar-refractivity contribution in [1.82, 2.24) is 0 Å². The molecule has 3 nitrogen and oxygen atoms in total. The third kappa shape index (κ3) is 5.23. The van der Waals surface area contributed by atoms with Crippen LogP contribution in [-0.2, 0) is 14.4 Å². The van der Waals surface area contributed by atoms with Crippen LogP contribution in [0.5, 0.6) is 0 Å². The average molecular weight is 220 g/mol. The van der Waals surface area contributed by atoms with E-state index in [4.69, 9.17) is 9.59 Å². The lowest BCUT2D eigenvalue weighted by Crippen LogP contribution is -2.01. The molecule has 0 amide bonds. The lowest BCUT2D eigenvalue weighted by molar-refractivity contribution is -0.191. The summed E-state index contributed by atoms with van der Waals surface area (Å²) in [4.78, 5) is 27.2. The Labute approximate surface area is 95.5 Å². The highest BCUT2D eigenvalue weighted by Gasteiger charge is 2.09. The second-order valence-corrected chi connectivity index (χ2v) is 3.75. The summed E-state index contributed by atoms with van der Waals surface area (Å²) in [7, 11) is 0. The highest BCUT2D eigenvalue weighted by molar-refractivity contribution is 5.76. The molecule has 1 rings (SSSR count). The molecule has 1 aromatic carbocycles. The van der Waals surface area contributed by atoms with Crippen molar-refractivity contribution in [3.8, 4) is 0 Å². The highest BCUT2D eigenvalue weighted by Crippen LogP contribution is 2.22. The van der Waals surface area contributed by atoms with Gasteiger partial charge in [-0.2, -0.15) is 9.59 Å². The van der Waals surface area contributed by atoms with Crippen molar-refractivity contribution in [3.63, 3.8) is 0 Å². The third-order valence-corrected chi connectivity index (χ3v) is 2.31. The van der Waals surface area contributed by atoms with Crippen LogP contribution in [-0.4, -0.2) is 11.9 Å². The van der Waals surface area contributed by atoms with Crippen LogP contribution in [0.2, 0.25) is 0 Å². The summed E-state index contributed by atoms with van der Waals surface area (Å²) in [5.41, 5.74) is 2.56. The first kappa shape index (κ1) is 14.3. The van der Waals surface area contributed by atoms with Gasteiger partial charge in [0.15, 0.2) is 0 Å². The standard InChI is InChI=1S/C12H16O.CO2/c1-9-6-4-5-7-12(9)10(2)8-11(3)13;2-1-3/h4-7,10H,8H2,1-3H3;/t10-;/m1./s1. The van der Waals surface area contributed by atoms with E-state index in [2.05, 4.69) is 26.0 Å². The van der Waals surface area contributed by atoms with Crippen LogP contribution in [0, 0.1) is 6.92 Å². The number of hydrogen-bond acceptors (Lipinski definition) is 3. The van der Waals surface area contributed by atoms with E-state index in [0.717, 1.165) is 0 Å². The molecule has 0 spiro atoms. The minimum atomic E-state index is 0.250. The molecule has 3 heteroatoms. The number of aryl methyl sites for hydroxylation is 1. The summed E-state index contributed by atoms with van der Waals surface area (Å²) in [6, 6.07) is 8.24. The minimum absolute atomic E-state index is 0.250. The number of rotatable bonds is 3. The van der Waals surface area contributed by atoms with E-state index in [-0.39, 0.29) is 11.9 Å². The number of benzene rings is 1. The van der Waals surface area contributed by atoms with Gasteiger partial charge in [-0.05, 0) is 30.9 Å². The Morgan fingerprint density at radius 1 is 1.31 bits per heavy atom. The number of carbonyl (C=O) groups is 1. The molecular weight excluding hydrogens is 204 g/mol. The van der Waals surface area contributed by atoms with Gasteiger partial charge in [0.05, 0.1) is 0 Å². The Morgan fingerprint density at radius 3 is 2.25 bits per heavy atom. The van der Waals surface area contributed by atoms with Crippen molar-refractivity contribution < 1.29 is 14.4 Å². The van der Waals surface area contributed by atoms with E-state index < -0.39 is 0 Å². The lowest BCUT2D eigenvalue weighted by atomic mass is 9.93. The predicted molar refractivity (Wildman–Crippen MR) is 59.9 cm³/mol. The first-order valence-electron chi connectivity index (χ1n) is 5.07. The maximum absolute atomic E-state index is 10.9. The van der Waals surface area contributed by atoms with Crippen LogP contribution < -0.4 is 0 Å². The largest absolute Gasteiger partial charge is 0.373 e. The van der Waals surface area contributed by atoms with Gasteiger partial charge in [-0.1, -0.05) is 31.2 Å². The summed E-state index contributed by atoms with van der Waals surface area (Å²) in [6.45, 7) is 5.84. The zero-order valence-corrected chi connectivity index (χ0v) is 9.82. The van der Waals surface area contributed by atoms with Gasteiger partial charge >= 0.3 is 6.15 Å². The van der Waals surface area contributed by atoms with Crippen molar-refractivity contribution in [1.29, 1.82) is 0 Å². The summed E-state index contributed by atoms with van der Waals surface area (Å²) in [5.74, 6) is 0.606. The quantitative estimate of drug-likeness (QED) is 0.786. The van der Waals surface area contributed by atoms with Crippen LogP contribution in [0.3, 0.4) is 0 Å². The van der Waals surface area contributed by atoms with Gasteiger partial charge in [-0.15, -0.1) is 0 Å². The molecule has 0 fully saturated rings. The van der Waals surface area contributed by atoms with Crippen LogP contribution in [0.25, 0.3) is 0 Å². The molecule has 0 unspecified atom stereocenters. The number of Topliss-reactive ketones (excluding diaryl/α,β-unsaturated/α-hetero) is 1. The second-order valence-electron chi connectivity index (χ2n) is 3.75. The van der Waals surface area contributed by atoms with E-state index in [1.807, 2.05) is 12.1 Å². The lowest BCUT2D eigenvalue weighted by Gasteiger charge is -2.12. The molecule has 0 radical (unpaired) electrons. The first-order chi connectivity index (χ1) is 7.52. The van der Waals surface area contributed by atoms with Crippen LogP contribution in [0.15, 0.2) is 24.3 Å². The molecule has 0 aliphatic rings. The molecule has 0 saturated heterocycles. The minimum Gasteiger partial charge on any atom is -0.300 e. The molecule has 16 heavy (non-hydrogen) atoms. The van der Waals surface area contributed by atoms with Gasteiger partial charge in [0.2, 0.25) is 0 Å². The molecular formula is C13H16O3. The summed E-state index contributed by atoms with van der Waals surface area (Å²) in [5, 5.41) is 0. The van der Waals surface area contributed by atoms with E-state index >= 15 is 0 Å². The fourth-order valence-electron chi connectivity index (χ4n) is 1.68. The van der Waals surface area contributed by atoms with Crippen LogP contribution in [0.4, 0.5) is 0 Å². The number of carbonyl (C=O) groups excluding carboxylic acids is 3. The topological polar surface area (TPSA) is 51.2 Å². The van der Waals surface area contributed by atoms with Crippen molar-refractivity contribution in [2.24, 2.45) is 0 Å². The summed E-state index contributed by atoms with van der Waals surface area (Å²) in [6.07, 6.45) is 0.894. The Morgan fingerprint density at radius 2 is 1.81 bits per heavy atom. The van der Waals surface area contributed by atoms with E-state index in [1.165, 1.54) is 11.1 Å². The van der Waals surface area contributed by atoms with E-state index in [0.29, 0.717) is 12.3 Å². The Hall–Kier alpha value is -1.73. The van der Waals surface area contributed by atoms with Crippen LogP contribution in [0.1, 0.15) is 37.3 Å². The maximum Gasteiger partial charge on any atom is 0.373 e. The van der Waals surface area contributed by atoms with Gasteiger partial charge in [0.25, 0.3) is 0 Å². The van der Waals surface area contributed by atoms with Gasteiger partial charge in [-0.25, -0.2) is 0 Å². The summed E-state index contributed by atoms with van der Waals surface area (Å²) < 4.78 is 0. The molecule has 0 bridgehead atoms. The molecule has 1 atom stereocenters. The Bertz CT molecular complexity index is 377. The average Bonchev–Trinajstić information content (AvgIpc) is 2.18. The Balaban J connectivity index is 0.000000673. The zero-order valence-electron chi connectivity index (χ0n) is 9.82. The summed E-state index contributed by atoms with van der Waals surface area (Å²) >= 11 is 0. The Kier molecular flexibility index (Phi) is 6.73. The molecule has 0 aliphatic carbocycles. The normalized spacial score (nSPS) is 10.7. The second kappa shape index (κ2) is 7.55. The van der Waals surface area contributed by atoms with Crippen molar-refractivity contribution in [2.45, 2.75) is 33.1 Å². The van der Waals surface area contributed by atoms with Gasteiger partial charge < -0.3 is 4.79 Å². The molecule has 0 saturated carbocycles. The fourth-order valence-corrected chi connectivity index (χ4v) is 1.68. The van der Waals surface area contributed by atoms with Crippen molar-refractivity contribution in [2.75, 3.05) is 0 Å². The van der Waals surface area contributed by atoms with E-state index in [1.54, 1.807) is 6.92 Å². The first-order valence-corrected chi connectivity index (χ1v) is 5.07. The third-order valence-electron chi connectivity index (χ3n) is 2.31. The van der Waals surface area contributed by atoms with Gasteiger partial charge in [-0.3, -0.25) is 0 Å². The van der Waals surface area contributed by atoms with E-state index in [9.17, 15) is 4.79 Å². The molecule has 0 aromatic heterocycles. The molecule has 0 N–H and O–H groups in total. The van der Waals surface area contributed by atoms with Crippen molar-refractivity contribution in [3.05, 3.63) is 35.4 Å². The highest BCUT2D eigenvalue weighted by atomic mass is 16.2. The number of ketones is 1. The smallest absolute Gasteiger partial charge is 0.300 e.